The molecule has 0 saturated carbocycles. The largest absolute Gasteiger partial charge is 0.466 e. The van der Waals surface area contributed by atoms with Crippen molar-refractivity contribution in [1.82, 2.24) is 0 Å². The molecule has 0 bridgehead atoms. The Bertz CT molecular complexity index is 281. The second-order valence-electron chi connectivity index (χ2n) is 4.18. The van der Waals surface area contributed by atoms with Gasteiger partial charge in [0.1, 0.15) is 0 Å². The van der Waals surface area contributed by atoms with Crippen molar-refractivity contribution in [3.8, 4) is 0 Å². The van der Waals surface area contributed by atoms with Crippen LogP contribution in [-0.4, -0.2) is 25.2 Å². The van der Waals surface area contributed by atoms with Crippen molar-refractivity contribution in [3.63, 3.8) is 0 Å². The first kappa shape index (κ1) is 15.7. The van der Waals surface area contributed by atoms with Crippen molar-refractivity contribution in [2.45, 2.75) is 34.1 Å². The molecule has 0 aliphatic heterocycles. The molecule has 0 N–H and O–H groups in total. The molecule has 4 heteroatoms. The van der Waals surface area contributed by atoms with Crippen LogP contribution in [0.3, 0.4) is 0 Å². The normalized spacial score (nSPS) is 12.1. The Labute approximate surface area is 103 Å². The first-order valence-electron chi connectivity index (χ1n) is 5.96. The standard InChI is InChI=1S/C13H22O4/c1-6-16-12(14)10(5)11(8-9(3)4)13(15)17-7-2/h9,11H,5-8H2,1-4H3. The van der Waals surface area contributed by atoms with Crippen molar-refractivity contribution < 1.29 is 19.1 Å². The Balaban J connectivity index is 4.72. The average Bonchev–Trinajstić information content (AvgIpc) is 2.25. The minimum Gasteiger partial charge on any atom is -0.466 e. The Morgan fingerprint density at radius 2 is 1.65 bits per heavy atom. The summed E-state index contributed by atoms with van der Waals surface area (Å²) in [6.45, 7) is 11.6. The van der Waals surface area contributed by atoms with Gasteiger partial charge in [0.25, 0.3) is 0 Å². The quantitative estimate of drug-likeness (QED) is 0.508. The zero-order valence-electron chi connectivity index (χ0n) is 11.1. The van der Waals surface area contributed by atoms with Crippen LogP contribution < -0.4 is 0 Å². The lowest BCUT2D eigenvalue weighted by atomic mass is 9.91. The molecule has 0 amide bonds. The monoisotopic (exact) mass is 242 g/mol. The molecule has 4 nitrogen and oxygen atoms in total. The van der Waals surface area contributed by atoms with Crippen LogP contribution in [0.1, 0.15) is 34.1 Å². The van der Waals surface area contributed by atoms with Crippen LogP contribution in [0.25, 0.3) is 0 Å². The van der Waals surface area contributed by atoms with Gasteiger partial charge in [-0.25, -0.2) is 4.79 Å². The summed E-state index contributed by atoms with van der Waals surface area (Å²) >= 11 is 0. The summed E-state index contributed by atoms with van der Waals surface area (Å²) in [5.41, 5.74) is 0.180. The van der Waals surface area contributed by atoms with E-state index in [9.17, 15) is 9.59 Å². The lowest BCUT2D eigenvalue weighted by molar-refractivity contribution is -0.150. The number of carbonyl (C=O) groups is 2. The first-order chi connectivity index (χ1) is 7.93. The van der Waals surface area contributed by atoms with Crippen LogP contribution in [0.4, 0.5) is 0 Å². The summed E-state index contributed by atoms with van der Waals surface area (Å²) in [5.74, 6) is -1.25. The number of ether oxygens (including phenoxy) is 2. The van der Waals surface area contributed by atoms with E-state index in [1.165, 1.54) is 0 Å². The molecular weight excluding hydrogens is 220 g/mol. The number of carbonyl (C=O) groups excluding carboxylic acids is 2. The van der Waals surface area contributed by atoms with Gasteiger partial charge in [-0.2, -0.15) is 0 Å². The summed E-state index contributed by atoms with van der Waals surface area (Å²) < 4.78 is 9.80. The van der Waals surface area contributed by atoms with E-state index in [2.05, 4.69) is 6.58 Å². The smallest absolute Gasteiger partial charge is 0.334 e. The van der Waals surface area contributed by atoms with Gasteiger partial charge in [-0.1, -0.05) is 20.4 Å². The molecule has 0 heterocycles. The molecule has 0 aliphatic carbocycles. The van der Waals surface area contributed by atoms with Gasteiger partial charge >= 0.3 is 11.9 Å². The molecule has 0 aromatic rings. The third-order valence-electron chi connectivity index (χ3n) is 2.24. The second-order valence-corrected chi connectivity index (χ2v) is 4.18. The molecule has 98 valence electrons. The zero-order valence-corrected chi connectivity index (χ0v) is 11.1. The summed E-state index contributed by atoms with van der Waals surface area (Å²) in [7, 11) is 0. The van der Waals surface area contributed by atoms with E-state index < -0.39 is 17.9 Å². The summed E-state index contributed by atoms with van der Waals surface area (Å²) in [6, 6.07) is 0. The number of hydrogen-bond acceptors (Lipinski definition) is 4. The number of esters is 2. The van der Waals surface area contributed by atoms with Crippen molar-refractivity contribution in [3.05, 3.63) is 12.2 Å². The highest BCUT2D eigenvalue weighted by atomic mass is 16.5. The molecule has 0 saturated heterocycles. The fraction of sp³-hybridized carbons (Fsp3) is 0.692. The van der Waals surface area contributed by atoms with E-state index in [0.717, 1.165) is 0 Å². The fourth-order valence-corrected chi connectivity index (χ4v) is 1.46. The van der Waals surface area contributed by atoms with Crippen LogP contribution in [0.2, 0.25) is 0 Å². The highest BCUT2D eigenvalue weighted by Crippen LogP contribution is 2.21. The van der Waals surface area contributed by atoms with Crippen molar-refractivity contribution in [2.75, 3.05) is 13.2 Å². The predicted molar refractivity (Wildman–Crippen MR) is 65.4 cm³/mol. The molecule has 1 atom stereocenters. The van der Waals surface area contributed by atoms with Crippen LogP contribution >= 0.6 is 0 Å². The van der Waals surface area contributed by atoms with E-state index in [1.54, 1.807) is 13.8 Å². The lowest BCUT2D eigenvalue weighted by Crippen LogP contribution is -2.26. The maximum absolute atomic E-state index is 11.7. The zero-order chi connectivity index (χ0) is 13.4. The summed E-state index contributed by atoms with van der Waals surface area (Å²) in [6.07, 6.45) is 0.538. The molecule has 0 rings (SSSR count). The average molecular weight is 242 g/mol. The van der Waals surface area contributed by atoms with E-state index >= 15 is 0 Å². The molecular formula is C13H22O4. The van der Waals surface area contributed by atoms with Gasteiger partial charge < -0.3 is 9.47 Å². The van der Waals surface area contributed by atoms with E-state index in [0.29, 0.717) is 13.0 Å². The molecule has 1 unspecified atom stereocenters. The minimum atomic E-state index is -0.603. The predicted octanol–water partition coefficient (Wildman–Crippen LogP) is 2.33. The van der Waals surface area contributed by atoms with Gasteiger partial charge in [0, 0.05) is 5.57 Å². The van der Waals surface area contributed by atoms with Gasteiger partial charge in [-0.15, -0.1) is 0 Å². The van der Waals surface area contributed by atoms with Gasteiger partial charge in [-0.05, 0) is 26.2 Å². The fourth-order valence-electron chi connectivity index (χ4n) is 1.46. The van der Waals surface area contributed by atoms with Gasteiger partial charge in [-0.3, -0.25) is 4.79 Å². The van der Waals surface area contributed by atoms with Crippen molar-refractivity contribution >= 4 is 11.9 Å². The Morgan fingerprint density at radius 1 is 1.12 bits per heavy atom. The Kier molecular flexibility index (Phi) is 7.26. The van der Waals surface area contributed by atoms with E-state index in [4.69, 9.17) is 9.47 Å². The lowest BCUT2D eigenvalue weighted by Gasteiger charge is -2.18. The van der Waals surface area contributed by atoms with Crippen molar-refractivity contribution in [1.29, 1.82) is 0 Å². The number of rotatable bonds is 7. The van der Waals surface area contributed by atoms with Gasteiger partial charge in [0.05, 0.1) is 19.1 Å². The van der Waals surface area contributed by atoms with Crippen LogP contribution in [0, 0.1) is 11.8 Å². The molecule has 0 aliphatic rings. The third kappa shape index (κ3) is 5.52. The van der Waals surface area contributed by atoms with Crippen molar-refractivity contribution in [2.24, 2.45) is 11.8 Å². The van der Waals surface area contributed by atoms with Gasteiger partial charge in [0.2, 0.25) is 0 Å². The SMILES string of the molecule is C=C(C(=O)OCC)C(CC(C)C)C(=O)OCC. The summed E-state index contributed by atoms with van der Waals surface area (Å²) in [5, 5.41) is 0. The highest BCUT2D eigenvalue weighted by Gasteiger charge is 2.28. The first-order valence-corrected chi connectivity index (χ1v) is 5.96. The minimum absolute atomic E-state index is 0.180. The molecule has 0 aromatic heterocycles. The molecule has 0 fully saturated rings. The number of hydrogen-bond donors (Lipinski definition) is 0. The maximum Gasteiger partial charge on any atom is 0.334 e. The molecule has 0 radical (unpaired) electrons. The van der Waals surface area contributed by atoms with Gasteiger partial charge in [0.15, 0.2) is 0 Å². The molecule has 0 spiro atoms. The summed E-state index contributed by atoms with van der Waals surface area (Å²) in [4.78, 5) is 23.3. The molecule has 0 aromatic carbocycles. The van der Waals surface area contributed by atoms with Crippen LogP contribution in [0.5, 0.6) is 0 Å². The topological polar surface area (TPSA) is 52.6 Å². The van der Waals surface area contributed by atoms with E-state index in [-0.39, 0.29) is 18.1 Å². The highest BCUT2D eigenvalue weighted by molar-refractivity contribution is 5.94. The maximum atomic E-state index is 11.7. The van der Waals surface area contributed by atoms with Crippen LogP contribution in [0.15, 0.2) is 12.2 Å². The third-order valence-corrected chi connectivity index (χ3v) is 2.24. The van der Waals surface area contributed by atoms with Crippen LogP contribution in [-0.2, 0) is 19.1 Å². The Hall–Kier alpha value is -1.32. The Morgan fingerprint density at radius 3 is 2.06 bits per heavy atom. The second kappa shape index (κ2) is 7.87. The molecule has 17 heavy (non-hydrogen) atoms. The van der Waals surface area contributed by atoms with E-state index in [1.807, 2.05) is 13.8 Å².